The summed E-state index contributed by atoms with van der Waals surface area (Å²) < 4.78 is 0. The summed E-state index contributed by atoms with van der Waals surface area (Å²) in [6.45, 7) is 7.47. The van der Waals surface area contributed by atoms with Gasteiger partial charge in [0, 0.05) is 18.2 Å². The maximum Gasteiger partial charge on any atom is 0.129 e. The minimum absolute atomic E-state index is 0.557. The van der Waals surface area contributed by atoms with Crippen molar-refractivity contribution < 1.29 is 0 Å². The van der Waals surface area contributed by atoms with Crippen LogP contribution in [-0.2, 0) is 0 Å². The molecule has 100 valence electrons. The molecule has 0 atom stereocenters. The molecular formula is C16H21N3. The third-order valence-electron chi connectivity index (χ3n) is 3.10. The highest BCUT2D eigenvalue weighted by atomic mass is 15.0. The Bertz CT molecular complexity index is 518. The van der Waals surface area contributed by atoms with E-state index in [-0.39, 0.29) is 0 Å². The summed E-state index contributed by atoms with van der Waals surface area (Å²) in [6, 6.07) is 10.6. The van der Waals surface area contributed by atoms with E-state index in [1.54, 1.807) is 6.33 Å². The van der Waals surface area contributed by atoms with Crippen molar-refractivity contribution in [2.24, 2.45) is 0 Å². The predicted molar refractivity (Wildman–Crippen MR) is 80.3 cm³/mol. The molecule has 0 unspecified atom stereocenters. The molecular weight excluding hydrogens is 234 g/mol. The lowest BCUT2D eigenvalue weighted by Gasteiger charge is -2.08. The van der Waals surface area contributed by atoms with Crippen LogP contribution in [0.3, 0.4) is 0 Å². The van der Waals surface area contributed by atoms with Crippen molar-refractivity contribution >= 4 is 5.82 Å². The third kappa shape index (κ3) is 3.53. The van der Waals surface area contributed by atoms with Crippen LogP contribution in [0.15, 0.2) is 36.7 Å². The lowest BCUT2D eigenvalue weighted by Crippen LogP contribution is -2.02. The molecule has 0 aliphatic carbocycles. The Balaban J connectivity index is 2.21. The first kappa shape index (κ1) is 13.5. The Kier molecular flexibility index (Phi) is 4.50. The summed E-state index contributed by atoms with van der Waals surface area (Å²) >= 11 is 0. The number of benzene rings is 1. The lowest BCUT2D eigenvalue weighted by atomic mass is 10.0. The number of nitrogens with one attached hydrogen (secondary N) is 1. The van der Waals surface area contributed by atoms with E-state index in [0.717, 1.165) is 30.0 Å². The molecule has 0 spiro atoms. The highest BCUT2D eigenvalue weighted by molar-refractivity contribution is 5.62. The van der Waals surface area contributed by atoms with Gasteiger partial charge >= 0.3 is 0 Å². The van der Waals surface area contributed by atoms with Crippen molar-refractivity contribution in [2.75, 3.05) is 11.9 Å². The van der Waals surface area contributed by atoms with Gasteiger partial charge in [-0.05, 0) is 17.9 Å². The van der Waals surface area contributed by atoms with E-state index in [2.05, 4.69) is 60.3 Å². The van der Waals surface area contributed by atoms with Crippen LogP contribution in [0.2, 0.25) is 0 Å². The fourth-order valence-corrected chi connectivity index (χ4v) is 1.90. The molecule has 1 N–H and O–H groups in total. The molecule has 0 saturated heterocycles. The summed E-state index contributed by atoms with van der Waals surface area (Å²) in [5, 5.41) is 3.28. The fourth-order valence-electron chi connectivity index (χ4n) is 1.90. The zero-order valence-electron chi connectivity index (χ0n) is 11.9. The van der Waals surface area contributed by atoms with Crippen LogP contribution in [0.1, 0.15) is 38.7 Å². The maximum absolute atomic E-state index is 4.34. The monoisotopic (exact) mass is 255 g/mol. The molecule has 2 aromatic rings. The molecule has 0 saturated carbocycles. The number of aromatic nitrogens is 2. The predicted octanol–water partition coefficient (Wildman–Crippen LogP) is 4.09. The van der Waals surface area contributed by atoms with E-state index in [1.807, 2.05) is 6.07 Å². The van der Waals surface area contributed by atoms with Crippen molar-refractivity contribution in [1.29, 1.82) is 0 Å². The first-order valence-corrected chi connectivity index (χ1v) is 6.87. The van der Waals surface area contributed by atoms with Gasteiger partial charge in [-0.15, -0.1) is 0 Å². The van der Waals surface area contributed by atoms with E-state index in [9.17, 15) is 0 Å². The quantitative estimate of drug-likeness (QED) is 0.874. The molecule has 19 heavy (non-hydrogen) atoms. The first-order valence-electron chi connectivity index (χ1n) is 6.87. The fraction of sp³-hybridized carbons (Fsp3) is 0.375. The van der Waals surface area contributed by atoms with Gasteiger partial charge in [0.25, 0.3) is 0 Å². The van der Waals surface area contributed by atoms with Gasteiger partial charge < -0.3 is 5.32 Å². The Morgan fingerprint density at radius 2 is 1.84 bits per heavy atom. The Morgan fingerprint density at radius 1 is 1.11 bits per heavy atom. The zero-order chi connectivity index (χ0) is 13.7. The van der Waals surface area contributed by atoms with Crippen molar-refractivity contribution in [3.05, 3.63) is 42.2 Å². The molecule has 0 amide bonds. The zero-order valence-corrected chi connectivity index (χ0v) is 11.9. The smallest absolute Gasteiger partial charge is 0.129 e. The number of rotatable bonds is 5. The van der Waals surface area contributed by atoms with Crippen molar-refractivity contribution in [3.8, 4) is 11.3 Å². The number of nitrogens with zero attached hydrogens (tertiary/aromatic N) is 2. The molecule has 3 nitrogen and oxygen atoms in total. The van der Waals surface area contributed by atoms with Gasteiger partial charge in [0.15, 0.2) is 0 Å². The minimum atomic E-state index is 0.557. The second kappa shape index (κ2) is 6.32. The summed E-state index contributed by atoms with van der Waals surface area (Å²) in [5.41, 5.74) is 3.44. The van der Waals surface area contributed by atoms with Gasteiger partial charge in [-0.1, -0.05) is 45.0 Å². The Hall–Kier alpha value is -1.90. The molecule has 1 heterocycles. The van der Waals surface area contributed by atoms with E-state index >= 15 is 0 Å². The second-order valence-corrected chi connectivity index (χ2v) is 4.99. The average Bonchev–Trinajstić information content (AvgIpc) is 2.45. The topological polar surface area (TPSA) is 37.8 Å². The molecule has 2 rings (SSSR count). The molecule has 1 aromatic heterocycles. The van der Waals surface area contributed by atoms with Gasteiger partial charge in [-0.2, -0.15) is 0 Å². The van der Waals surface area contributed by atoms with Gasteiger partial charge in [0.2, 0.25) is 0 Å². The van der Waals surface area contributed by atoms with Crippen LogP contribution in [0, 0.1) is 0 Å². The number of anilines is 1. The van der Waals surface area contributed by atoms with Crippen molar-refractivity contribution in [2.45, 2.75) is 33.1 Å². The van der Waals surface area contributed by atoms with Crippen molar-refractivity contribution in [1.82, 2.24) is 9.97 Å². The molecule has 1 aromatic carbocycles. The van der Waals surface area contributed by atoms with Crippen LogP contribution in [0.5, 0.6) is 0 Å². The molecule has 0 aliphatic heterocycles. The van der Waals surface area contributed by atoms with Crippen LogP contribution >= 0.6 is 0 Å². The standard InChI is InChI=1S/C16H21N3/c1-4-9-17-16-10-15(18-11-19-16)14-7-5-13(6-8-14)12(2)3/h5-8,10-12H,4,9H2,1-3H3,(H,17,18,19). The average molecular weight is 255 g/mol. The summed E-state index contributed by atoms with van der Waals surface area (Å²) in [4.78, 5) is 8.57. The summed E-state index contributed by atoms with van der Waals surface area (Å²) in [6.07, 6.45) is 2.70. The molecule has 0 aliphatic rings. The molecule has 0 radical (unpaired) electrons. The first-order chi connectivity index (χ1) is 9.20. The van der Waals surface area contributed by atoms with Crippen LogP contribution < -0.4 is 5.32 Å². The van der Waals surface area contributed by atoms with Gasteiger partial charge in [-0.25, -0.2) is 9.97 Å². The highest BCUT2D eigenvalue weighted by Crippen LogP contribution is 2.22. The molecule has 3 heteroatoms. The normalized spacial score (nSPS) is 10.7. The number of hydrogen-bond donors (Lipinski definition) is 1. The third-order valence-corrected chi connectivity index (χ3v) is 3.10. The second-order valence-electron chi connectivity index (χ2n) is 4.99. The minimum Gasteiger partial charge on any atom is -0.370 e. The van der Waals surface area contributed by atoms with Crippen molar-refractivity contribution in [3.63, 3.8) is 0 Å². The summed E-state index contributed by atoms with van der Waals surface area (Å²) in [7, 11) is 0. The van der Waals surface area contributed by atoms with Crippen LogP contribution in [0.4, 0.5) is 5.82 Å². The van der Waals surface area contributed by atoms with E-state index in [1.165, 1.54) is 5.56 Å². The van der Waals surface area contributed by atoms with E-state index in [0.29, 0.717) is 5.92 Å². The van der Waals surface area contributed by atoms with E-state index < -0.39 is 0 Å². The van der Waals surface area contributed by atoms with Gasteiger partial charge in [0.05, 0.1) is 5.69 Å². The highest BCUT2D eigenvalue weighted by Gasteiger charge is 2.03. The van der Waals surface area contributed by atoms with Gasteiger partial charge in [0.1, 0.15) is 12.1 Å². The van der Waals surface area contributed by atoms with E-state index in [4.69, 9.17) is 0 Å². The lowest BCUT2D eigenvalue weighted by molar-refractivity contribution is 0.867. The number of hydrogen-bond acceptors (Lipinski definition) is 3. The van der Waals surface area contributed by atoms with Gasteiger partial charge in [-0.3, -0.25) is 0 Å². The van der Waals surface area contributed by atoms with Crippen LogP contribution in [0.25, 0.3) is 11.3 Å². The molecule has 0 bridgehead atoms. The Morgan fingerprint density at radius 3 is 2.47 bits per heavy atom. The Labute approximate surface area is 115 Å². The SMILES string of the molecule is CCCNc1cc(-c2ccc(C(C)C)cc2)ncn1. The van der Waals surface area contributed by atoms with Crippen LogP contribution in [-0.4, -0.2) is 16.5 Å². The molecule has 0 fully saturated rings. The largest absolute Gasteiger partial charge is 0.370 e. The summed E-state index contributed by atoms with van der Waals surface area (Å²) in [5.74, 6) is 1.45. The maximum atomic E-state index is 4.34.